The van der Waals surface area contributed by atoms with E-state index in [9.17, 15) is 14.0 Å². The molecule has 120 valence electrons. The third kappa shape index (κ3) is 5.75. The largest absolute Gasteiger partial charge is 0.369 e. The van der Waals surface area contributed by atoms with E-state index in [1.165, 1.54) is 23.9 Å². The quantitative estimate of drug-likeness (QED) is 0.766. The molecule has 0 saturated heterocycles. The minimum Gasteiger partial charge on any atom is -0.369 e. The molecule has 2 aromatic carbocycles. The van der Waals surface area contributed by atoms with Crippen molar-refractivity contribution in [1.82, 2.24) is 0 Å². The van der Waals surface area contributed by atoms with Crippen molar-refractivity contribution in [2.45, 2.75) is 17.7 Å². The van der Waals surface area contributed by atoms with E-state index in [0.717, 1.165) is 4.90 Å². The number of benzene rings is 2. The van der Waals surface area contributed by atoms with Crippen molar-refractivity contribution in [3.63, 3.8) is 0 Å². The van der Waals surface area contributed by atoms with E-state index >= 15 is 0 Å². The predicted molar refractivity (Wildman–Crippen MR) is 89.7 cm³/mol. The fourth-order valence-electron chi connectivity index (χ4n) is 1.99. The molecule has 0 bridgehead atoms. The van der Waals surface area contributed by atoms with Crippen LogP contribution in [0, 0.1) is 5.82 Å². The fraction of sp³-hybridized carbons (Fsp3) is 0.176. The van der Waals surface area contributed by atoms with E-state index in [1.807, 2.05) is 0 Å². The van der Waals surface area contributed by atoms with Gasteiger partial charge in [0.25, 0.3) is 0 Å². The number of halogens is 1. The van der Waals surface area contributed by atoms with Crippen LogP contribution in [-0.2, 0) is 16.0 Å². The maximum Gasteiger partial charge on any atom is 0.225 e. The van der Waals surface area contributed by atoms with E-state index in [1.54, 1.807) is 36.4 Å². The van der Waals surface area contributed by atoms with Gasteiger partial charge in [-0.05, 0) is 35.9 Å². The van der Waals surface area contributed by atoms with E-state index in [0.29, 0.717) is 23.4 Å². The molecule has 2 amide bonds. The number of thioether (sulfide) groups is 1. The molecule has 4 nitrogen and oxygen atoms in total. The number of amides is 2. The van der Waals surface area contributed by atoms with Gasteiger partial charge in [-0.25, -0.2) is 4.39 Å². The third-order valence-electron chi connectivity index (χ3n) is 3.07. The van der Waals surface area contributed by atoms with Crippen LogP contribution in [0.4, 0.5) is 10.1 Å². The first-order valence-corrected chi connectivity index (χ1v) is 8.07. The number of carbonyl (C=O) groups is 2. The second-order valence-corrected chi connectivity index (χ2v) is 6.07. The maximum atomic E-state index is 12.8. The monoisotopic (exact) mass is 332 g/mol. The maximum absolute atomic E-state index is 12.8. The summed E-state index contributed by atoms with van der Waals surface area (Å²) in [7, 11) is 0. The molecule has 0 atom stereocenters. The number of nitrogens with two attached hydrogens (primary N) is 1. The molecule has 23 heavy (non-hydrogen) atoms. The second-order valence-electron chi connectivity index (χ2n) is 4.90. The molecule has 0 aliphatic heterocycles. The van der Waals surface area contributed by atoms with Gasteiger partial charge in [-0.1, -0.05) is 18.2 Å². The Hall–Kier alpha value is -2.34. The molecule has 0 aromatic heterocycles. The van der Waals surface area contributed by atoms with Crippen LogP contribution in [0.2, 0.25) is 0 Å². The van der Waals surface area contributed by atoms with Crippen molar-refractivity contribution in [3.05, 3.63) is 59.9 Å². The molecular weight excluding hydrogens is 315 g/mol. The predicted octanol–water partition coefficient (Wildman–Crippen LogP) is 2.97. The lowest BCUT2D eigenvalue weighted by Gasteiger charge is -2.10. The lowest BCUT2D eigenvalue weighted by Crippen LogP contribution is -2.17. The summed E-state index contributed by atoms with van der Waals surface area (Å²) in [4.78, 5) is 23.9. The summed E-state index contributed by atoms with van der Waals surface area (Å²) in [5.41, 5.74) is 6.49. The average Bonchev–Trinajstić information content (AvgIpc) is 2.51. The Morgan fingerprint density at radius 2 is 1.78 bits per heavy atom. The van der Waals surface area contributed by atoms with Crippen molar-refractivity contribution in [1.29, 1.82) is 0 Å². The summed E-state index contributed by atoms with van der Waals surface area (Å²) in [5.74, 6) is -0.289. The van der Waals surface area contributed by atoms with Crippen molar-refractivity contribution in [2.75, 3.05) is 11.1 Å². The molecule has 0 fully saturated rings. The Kier molecular flexibility index (Phi) is 6.17. The highest BCUT2D eigenvalue weighted by molar-refractivity contribution is 7.99. The second kappa shape index (κ2) is 8.33. The Morgan fingerprint density at radius 3 is 2.48 bits per heavy atom. The standard InChI is InChI=1S/C17H17FN2O2S/c18-13-5-7-14(8-6-13)23-10-9-17(22)20-15-4-2-1-3-12(15)11-16(19)21/h1-8H,9-11H2,(H2,19,21)(H,20,22). The highest BCUT2D eigenvalue weighted by Gasteiger charge is 2.08. The van der Waals surface area contributed by atoms with Gasteiger partial charge < -0.3 is 11.1 Å². The van der Waals surface area contributed by atoms with Gasteiger partial charge in [0, 0.05) is 22.8 Å². The molecule has 2 aromatic rings. The first-order chi connectivity index (χ1) is 11.0. The van der Waals surface area contributed by atoms with Gasteiger partial charge in [0.1, 0.15) is 5.82 Å². The summed E-state index contributed by atoms with van der Waals surface area (Å²) in [6, 6.07) is 13.2. The van der Waals surface area contributed by atoms with Crippen LogP contribution in [0.3, 0.4) is 0 Å². The molecular formula is C17H17FN2O2S. The Labute approximate surface area is 138 Å². The van der Waals surface area contributed by atoms with Crippen LogP contribution in [-0.4, -0.2) is 17.6 Å². The van der Waals surface area contributed by atoms with Crippen LogP contribution in [0.5, 0.6) is 0 Å². The highest BCUT2D eigenvalue weighted by atomic mass is 32.2. The first kappa shape index (κ1) is 17.0. The molecule has 2 rings (SSSR count). The van der Waals surface area contributed by atoms with Crippen LogP contribution in [0.15, 0.2) is 53.4 Å². The van der Waals surface area contributed by atoms with E-state index in [-0.39, 0.29) is 18.1 Å². The first-order valence-electron chi connectivity index (χ1n) is 7.09. The van der Waals surface area contributed by atoms with Crippen LogP contribution < -0.4 is 11.1 Å². The molecule has 0 spiro atoms. The van der Waals surface area contributed by atoms with Crippen molar-refractivity contribution < 1.29 is 14.0 Å². The van der Waals surface area contributed by atoms with Crippen molar-refractivity contribution in [2.24, 2.45) is 5.73 Å². The van der Waals surface area contributed by atoms with Gasteiger partial charge in [-0.3, -0.25) is 9.59 Å². The Balaban J connectivity index is 1.85. The highest BCUT2D eigenvalue weighted by Crippen LogP contribution is 2.20. The summed E-state index contributed by atoms with van der Waals surface area (Å²) in [5, 5.41) is 2.79. The molecule has 0 aliphatic rings. The smallest absolute Gasteiger partial charge is 0.225 e. The molecule has 0 unspecified atom stereocenters. The van der Waals surface area contributed by atoms with Crippen LogP contribution in [0.25, 0.3) is 0 Å². The lowest BCUT2D eigenvalue weighted by molar-refractivity contribution is -0.117. The molecule has 0 saturated carbocycles. The van der Waals surface area contributed by atoms with Gasteiger partial charge in [0.2, 0.25) is 11.8 Å². The SMILES string of the molecule is NC(=O)Cc1ccccc1NC(=O)CCSc1ccc(F)cc1. The molecule has 0 heterocycles. The van der Waals surface area contributed by atoms with Gasteiger partial charge in [0.15, 0.2) is 0 Å². The lowest BCUT2D eigenvalue weighted by atomic mass is 10.1. The zero-order valence-electron chi connectivity index (χ0n) is 12.4. The summed E-state index contributed by atoms with van der Waals surface area (Å²) >= 11 is 1.48. The minimum absolute atomic E-state index is 0.0841. The molecule has 0 radical (unpaired) electrons. The Bertz CT molecular complexity index is 689. The number of hydrogen-bond acceptors (Lipinski definition) is 3. The van der Waals surface area contributed by atoms with Gasteiger partial charge >= 0.3 is 0 Å². The molecule has 6 heteroatoms. The van der Waals surface area contributed by atoms with Crippen molar-refractivity contribution >= 4 is 29.3 Å². The number of para-hydroxylation sites is 1. The number of rotatable bonds is 7. The third-order valence-corrected chi connectivity index (χ3v) is 4.08. The number of primary amides is 1. The molecule has 3 N–H and O–H groups in total. The minimum atomic E-state index is -0.446. The van der Waals surface area contributed by atoms with Gasteiger partial charge in [0.05, 0.1) is 6.42 Å². The fourth-order valence-corrected chi connectivity index (χ4v) is 2.84. The Morgan fingerprint density at radius 1 is 1.09 bits per heavy atom. The summed E-state index contributed by atoms with van der Waals surface area (Å²) < 4.78 is 12.8. The number of hydrogen-bond donors (Lipinski definition) is 2. The zero-order valence-corrected chi connectivity index (χ0v) is 13.2. The number of carbonyl (C=O) groups excluding carboxylic acids is 2. The van der Waals surface area contributed by atoms with Crippen LogP contribution >= 0.6 is 11.8 Å². The molecule has 0 aliphatic carbocycles. The topological polar surface area (TPSA) is 72.2 Å². The number of anilines is 1. The van der Waals surface area contributed by atoms with Crippen molar-refractivity contribution in [3.8, 4) is 0 Å². The van der Waals surface area contributed by atoms with E-state index in [2.05, 4.69) is 5.32 Å². The van der Waals surface area contributed by atoms with Crippen LogP contribution in [0.1, 0.15) is 12.0 Å². The van der Waals surface area contributed by atoms with E-state index < -0.39 is 5.91 Å². The summed E-state index contributed by atoms with van der Waals surface area (Å²) in [6.45, 7) is 0. The normalized spacial score (nSPS) is 10.3. The zero-order chi connectivity index (χ0) is 16.7. The number of nitrogens with one attached hydrogen (secondary N) is 1. The van der Waals surface area contributed by atoms with Gasteiger partial charge in [-0.2, -0.15) is 0 Å². The average molecular weight is 332 g/mol. The van der Waals surface area contributed by atoms with E-state index in [4.69, 9.17) is 5.73 Å². The summed E-state index contributed by atoms with van der Waals surface area (Å²) in [6.07, 6.45) is 0.397. The van der Waals surface area contributed by atoms with Gasteiger partial charge in [-0.15, -0.1) is 11.8 Å².